The number of alkyl halides is 3. The molecule has 0 saturated carbocycles. The van der Waals surface area contributed by atoms with E-state index in [1.54, 1.807) is 14.1 Å². The van der Waals surface area contributed by atoms with Crippen molar-refractivity contribution in [1.29, 1.82) is 0 Å². The van der Waals surface area contributed by atoms with Gasteiger partial charge in [0.15, 0.2) is 6.61 Å². The van der Waals surface area contributed by atoms with Gasteiger partial charge in [-0.25, -0.2) is 0 Å². The van der Waals surface area contributed by atoms with Gasteiger partial charge in [-0.1, -0.05) is 0 Å². The summed E-state index contributed by atoms with van der Waals surface area (Å²) in [6.07, 6.45) is -4.75. The van der Waals surface area contributed by atoms with Gasteiger partial charge in [-0.2, -0.15) is 0 Å². The van der Waals surface area contributed by atoms with Crippen molar-refractivity contribution in [2.75, 3.05) is 20.7 Å². The van der Waals surface area contributed by atoms with Crippen LogP contribution in [0.2, 0.25) is 0 Å². The van der Waals surface area contributed by atoms with E-state index in [1.807, 2.05) is 0 Å². The highest BCUT2D eigenvalue weighted by Gasteiger charge is 2.31. The van der Waals surface area contributed by atoms with Crippen molar-refractivity contribution >= 4 is 21.8 Å². The molecule has 1 rings (SSSR count). The number of carbonyl (C=O) groups excluding carboxylic acids is 1. The molecule has 0 aromatic heterocycles. The Kier molecular flexibility index (Phi) is 5.04. The van der Waals surface area contributed by atoms with Gasteiger partial charge < -0.3 is 14.4 Å². The van der Waals surface area contributed by atoms with Crippen molar-refractivity contribution in [2.24, 2.45) is 0 Å². The molecular weight excluding hydrogens is 331 g/mol. The molecule has 0 bridgehead atoms. The molecule has 0 spiro atoms. The first-order valence-corrected chi connectivity index (χ1v) is 5.86. The van der Waals surface area contributed by atoms with E-state index in [4.69, 9.17) is 4.74 Å². The number of likely N-dealkylation sites (N-methyl/N-ethyl adjacent to an activating group) is 1. The summed E-state index contributed by atoms with van der Waals surface area (Å²) in [5, 5.41) is 0. The maximum atomic E-state index is 12.0. The van der Waals surface area contributed by atoms with Crippen LogP contribution in [0.25, 0.3) is 0 Å². The lowest BCUT2D eigenvalue weighted by atomic mass is 10.3. The van der Waals surface area contributed by atoms with Crippen LogP contribution < -0.4 is 9.47 Å². The molecule has 1 aromatic carbocycles. The molecule has 106 valence electrons. The van der Waals surface area contributed by atoms with E-state index in [-0.39, 0.29) is 28.5 Å². The minimum absolute atomic E-state index is 0.203. The van der Waals surface area contributed by atoms with Crippen molar-refractivity contribution in [3.8, 4) is 11.5 Å². The topological polar surface area (TPSA) is 38.8 Å². The summed E-state index contributed by atoms with van der Waals surface area (Å²) in [6.45, 7) is -0.203. The molecule has 0 saturated heterocycles. The number of halogens is 4. The summed E-state index contributed by atoms with van der Waals surface area (Å²) >= 11 is 3.04. The zero-order chi connectivity index (χ0) is 14.6. The van der Waals surface area contributed by atoms with Gasteiger partial charge in [0.05, 0.1) is 4.47 Å². The maximum Gasteiger partial charge on any atom is 0.573 e. The molecule has 8 heteroatoms. The monoisotopic (exact) mass is 341 g/mol. The maximum absolute atomic E-state index is 12.0. The molecule has 0 heterocycles. The van der Waals surface area contributed by atoms with Crippen LogP contribution in [-0.4, -0.2) is 37.9 Å². The first kappa shape index (κ1) is 15.6. The largest absolute Gasteiger partial charge is 0.573 e. The highest BCUT2D eigenvalue weighted by molar-refractivity contribution is 9.10. The zero-order valence-electron chi connectivity index (χ0n) is 10.1. The summed E-state index contributed by atoms with van der Waals surface area (Å²) in [6, 6.07) is 3.50. The second-order valence-corrected chi connectivity index (χ2v) is 4.57. The van der Waals surface area contributed by atoms with Crippen LogP contribution in [0, 0.1) is 0 Å². The Morgan fingerprint density at radius 2 is 2.00 bits per heavy atom. The fourth-order valence-corrected chi connectivity index (χ4v) is 1.54. The number of nitrogens with zero attached hydrogens (tertiary/aromatic N) is 1. The minimum Gasteiger partial charge on any atom is -0.483 e. The standard InChI is InChI=1S/C11H11BrF3NO3/c1-16(2)10(17)6-18-9-4-3-7(5-8(9)12)19-11(13,14)15/h3-5H,6H2,1-2H3. The highest BCUT2D eigenvalue weighted by Crippen LogP contribution is 2.31. The van der Waals surface area contributed by atoms with E-state index in [0.717, 1.165) is 12.1 Å². The van der Waals surface area contributed by atoms with E-state index < -0.39 is 6.36 Å². The molecule has 0 N–H and O–H groups in total. The predicted molar refractivity (Wildman–Crippen MR) is 65.0 cm³/mol. The van der Waals surface area contributed by atoms with Crippen LogP contribution in [0.1, 0.15) is 0 Å². The summed E-state index contributed by atoms with van der Waals surface area (Å²) in [5.41, 5.74) is 0. The van der Waals surface area contributed by atoms with Crippen molar-refractivity contribution in [3.63, 3.8) is 0 Å². The van der Waals surface area contributed by atoms with E-state index in [2.05, 4.69) is 20.7 Å². The molecule has 0 radical (unpaired) electrons. The smallest absolute Gasteiger partial charge is 0.483 e. The molecular formula is C11H11BrF3NO3. The van der Waals surface area contributed by atoms with Crippen molar-refractivity contribution in [1.82, 2.24) is 4.90 Å². The number of ether oxygens (including phenoxy) is 2. The summed E-state index contributed by atoms with van der Waals surface area (Å²) < 4.78 is 45.2. The fraction of sp³-hybridized carbons (Fsp3) is 0.364. The number of amides is 1. The molecule has 0 atom stereocenters. The lowest BCUT2D eigenvalue weighted by Gasteiger charge is -2.13. The molecule has 0 fully saturated rings. The number of benzene rings is 1. The molecule has 1 aromatic rings. The van der Waals surface area contributed by atoms with Crippen LogP contribution in [0.15, 0.2) is 22.7 Å². The van der Waals surface area contributed by atoms with E-state index in [1.165, 1.54) is 11.0 Å². The summed E-state index contributed by atoms with van der Waals surface area (Å²) in [7, 11) is 3.14. The van der Waals surface area contributed by atoms with Crippen molar-refractivity contribution in [2.45, 2.75) is 6.36 Å². The van der Waals surface area contributed by atoms with Crippen molar-refractivity contribution in [3.05, 3.63) is 22.7 Å². The summed E-state index contributed by atoms with van der Waals surface area (Å²) in [5.74, 6) is -0.377. The fourth-order valence-electron chi connectivity index (χ4n) is 1.06. The van der Waals surface area contributed by atoms with Gasteiger partial charge >= 0.3 is 6.36 Å². The molecule has 1 amide bonds. The predicted octanol–water partition coefficient (Wildman–Crippen LogP) is 2.81. The second kappa shape index (κ2) is 6.14. The number of hydrogen-bond donors (Lipinski definition) is 0. The third-order valence-corrected chi connectivity index (χ3v) is 2.61. The van der Waals surface area contributed by atoms with Gasteiger partial charge in [-0.15, -0.1) is 13.2 Å². The lowest BCUT2D eigenvalue weighted by Crippen LogP contribution is -2.27. The first-order chi connectivity index (χ1) is 8.69. The molecule has 0 aliphatic carbocycles. The van der Waals surface area contributed by atoms with Crippen LogP contribution >= 0.6 is 15.9 Å². The number of carbonyl (C=O) groups is 1. The van der Waals surface area contributed by atoms with Crippen LogP contribution in [0.4, 0.5) is 13.2 Å². The summed E-state index contributed by atoms with van der Waals surface area (Å²) in [4.78, 5) is 12.6. The van der Waals surface area contributed by atoms with Crippen LogP contribution in [0.3, 0.4) is 0 Å². The highest BCUT2D eigenvalue weighted by atomic mass is 79.9. The van der Waals surface area contributed by atoms with Gasteiger partial charge in [0.2, 0.25) is 0 Å². The quantitative estimate of drug-likeness (QED) is 0.845. The minimum atomic E-state index is -4.75. The third kappa shape index (κ3) is 5.37. The van der Waals surface area contributed by atoms with Crippen LogP contribution in [0.5, 0.6) is 11.5 Å². The van der Waals surface area contributed by atoms with E-state index in [9.17, 15) is 18.0 Å². The van der Waals surface area contributed by atoms with Gasteiger partial charge in [0, 0.05) is 14.1 Å². The van der Waals surface area contributed by atoms with E-state index in [0.29, 0.717) is 0 Å². The first-order valence-electron chi connectivity index (χ1n) is 5.07. The Balaban J connectivity index is 2.70. The Morgan fingerprint density at radius 3 is 2.47 bits per heavy atom. The molecule has 19 heavy (non-hydrogen) atoms. The average Bonchev–Trinajstić information content (AvgIpc) is 2.25. The molecule has 0 aliphatic rings. The number of rotatable bonds is 4. The van der Waals surface area contributed by atoms with Gasteiger partial charge in [0.25, 0.3) is 5.91 Å². The van der Waals surface area contributed by atoms with Gasteiger partial charge in [0.1, 0.15) is 11.5 Å². The van der Waals surface area contributed by atoms with Crippen molar-refractivity contribution < 1.29 is 27.4 Å². The zero-order valence-corrected chi connectivity index (χ0v) is 11.7. The van der Waals surface area contributed by atoms with E-state index >= 15 is 0 Å². The average molecular weight is 342 g/mol. The third-order valence-electron chi connectivity index (χ3n) is 1.99. The molecule has 0 unspecified atom stereocenters. The Hall–Kier alpha value is -1.44. The Labute approximate surface area is 116 Å². The number of hydrogen-bond acceptors (Lipinski definition) is 3. The van der Waals surface area contributed by atoms with Gasteiger partial charge in [-0.3, -0.25) is 4.79 Å². The Morgan fingerprint density at radius 1 is 1.37 bits per heavy atom. The molecule has 0 aliphatic heterocycles. The second-order valence-electron chi connectivity index (χ2n) is 3.72. The van der Waals surface area contributed by atoms with Gasteiger partial charge in [-0.05, 0) is 34.1 Å². The molecule has 4 nitrogen and oxygen atoms in total. The normalized spacial score (nSPS) is 11.1. The lowest BCUT2D eigenvalue weighted by molar-refractivity contribution is -0.274. The Bertz CT molecular complexity index is 463. The SMILES string of the molecule is CN(C)C(=O)COc1ccc(OC(F)(F)F)cc1Br. The van der Waals surface area contributed by atoms with Crippen LogP contribution in [-0.2, 0) is 4.79 Å².